The highest BCUT2D eigenvalue weighted by Crippen LogP contribution is 2.49. The third kappa shape index (κ3) is 2.70. The Morgan fingerprint density at radius 1 is 1.43 bits per heavy atom. The SMILES string of the molecule is C/C=C(\C)C(=O)O[C@H]1[C@H]2NC(=O)/C(=C/C)[C@@H]2[C@H](C(C)O)[C@@]1(C)O. The normalized spacial score (nSPS) is 40.0. The fourth-order valence-electron chi connectivity index (χ4n) is 3.90. The zero-order valence-corrected chi connectivity index (χ0v) is 14.2. The number of fused-ring (bicyclic) bond motifs is 1. The van der Waals surface area contributed by atoms with Crippen LogP contribution in [0.25, 0.3) is 0 Å². The van der Waals surface area contributed by atoms with Crippen molar-refractivity contribution in [3.05, 3.63) is 23.3 Å². The van der Waals surface area contributed by atoms with E-state index in [0.717, 1.165) is 0 Å². The molecule has 128 valence electrons. The number of ether oxygens (including phenoxy) is 1. The maximum absolute atomic E-state index is 12.1. The number of aliphatic hydroxyl groups excluding tert-OH is 1. The van der Waals surface area contributed by atoms with Gasteiger partial charge in [-0.3, -0.25) is 4.79 Å². The minimum Gasteiger partial charge on any atom is -0.454 e. The molecule has 0 bridgehead atoms. The van der Waals surface area contributed by atoms with Crippen molar-refractivity contribution in [2.24, 2.45) is 11.8 Å². The Balaban J connectivity index is 2.43. The van der Waals surface area contributed by atoms with Crippen LogP contribution in [0.4, 0.5) is 0 Å². The van der Waals surface area contributed by atoms with Crippen LogP contribution in [0.3, 0.4) is 0 Å². The lowest BCUT2D eigenvalue weighted by molar-refractivity contribution is -0.164. The molecule has 1 aliphatic carbocycles. The number of hydrogen-bond donors (Lipinski definition) is 3. The number of esters is 1. The molecule has 23 heavy (non-hydrogen) atoms. The third-order valence-corrected chi connectivity index (χ3v) is 5.09. The Morgan fingerprint density at radius 3 is 2.52 bits per heavy atom. The molecule has 0 spiro atoms. The highest BCUT2D eigenvalue weighted by Gasteiger charge is 2.65. The number of carbonyl (C=O) groups excluding carboxylic acids is 2. The summed E-state index contributed by atoms with van der Waals surface area (Å²) in [6.07, 6.45) is 1.54. The van der Waals surface area contributed by atoms with Gasteiger partial charge in [-0.25, -0.2) is 4.79 Å². The molecular weight excluding hydrogens is 298 g/mol. The van der Waals surface area contributed by atoms with Gasteiger partial charge in [0.15, 0.2) is 6.10 Å². The number of nitrogens with one attached hydrogen (secondary N) is 1. The topological polar surface area (TPSA) is 95.9 Å². The molecule has 0 aromatic heterocycles. The Morgan fingerprint density at radius 2 is 2.04 bits per heavy atom. The van der Waals surface area contributed by atoms with Crippen molar-refractivity contribution in [3.63, 3.8) is 0 Å². The zero-order valence-electron chi connectivity index (χ0n) is 14.2. The van der Waals surface area contributed by atoms with E-state index in [1.54, 1.807) is 46.8 Å². The number of amides is 1. The van der Waals surface area contributed by atoms with Gasteiger partial charge in [0.1, 0.15) is 5.60 Å². The number of allylic oxidation sites excluding steroid dienone is 2. The van der Waals surface area contributed by atoms with Crippen LogP contribution in [0.15, 0.2) is 23.3 Å². The summed E-state index contributed by atoms with van der Waals surface area (Å²) in [5.74, 6) is -1.79. The van der Waals surface area contributed by atoms with Crippen LogP contribution in [0.5, 0.6) is 0 Å². The van der Waals surface area contributed by atoms with Crippen molar-refractivity contribution in [3.8, 4) is 0 Å². The average Bonchev–Trinajstić information content (AvgIpc) is 2.88. The van der Waals surface area contributed by atoms with Gasteiger partial charge in [0, 0.05) is 23.0 Å². The number of carbonyl (C=O) groups is 2. The first kappa shape index (κ1) is 17.7. The summed E-state index contributed by atoms with van der Waals surface area (Å²) in [6.45, 7) is 8.22. The molecule has 2 rings (SSSR count). The van der Waals surface area contributed by atoms with E-state index in [1.165, 1.54) is 0 Å². The summed E-state index contributed by atoms with van der Waals surface area (Å²) >= 11 is 0. The van der Waals surface area contributed by atoms with Crippen LogP contribution in [0, 0.1) is 11.8 Å². The quantitative estimate of drug-likeness (QED) is 0.524. The standard InChI is InChI=1S/C17H25NO5/c1-6-8(3)16(21)23-14-13-11(10(7-2)15(20)18-13)12(9(4)19)17(14,5)22/h6-7,9,11-14,19,22H,1-5H3,(H,18,20)/b8-6+,10-7+/t9?,11-,12+,13+,14+,17-/m1/s1. The second-order valence-electron chi connectivity index (χ2n) is 6.56. The van der Waals surface area contributed by atoms with Crippen molar-refractivity contribution in [1.82, 2.24) is 5.32 Å². The summed E-state index contributed by atoms with van der Waals surface area (Å²) < 4.78 is 5.50. The van der Waals surface area contributed by atoms with E-state index in [4.69, 9.17) is 4.74 Å². The highest BCUT2D eigenvalue weighted by atomic mass is 16.6. The van der Waals surface area contributed by atoms with Gasteiger partial charge in [0.2, 0.25) is 5.91 Å². The van der Waals surface area contributed by atoms with E-state index in [2.05, 4.69) is 5.32 Å². The second kappa shape index (κ2) is 6.09. The average molecular weight is 323 g/mol. The first-order chi connectivity index (χ1) is 10.7. The molecule has 3 N–H and O–H groups in total. The molecule has 1 heterocycles. The molecule has 1 saturated carbocycles. The van der Waals surface area contributed by atoms with Gasteiger partial charge >= 0.3 is 5.97 Å². The molecule has 2 fully saturated rings. The summed E-state index contributed by atoms with van der Waals surface area (Å²) in [7, 11) is 0. The first-order valence-electron chi connectivity index (χ1n) is 7.88. The lowest BCUT2D eigenvalue weighted by Gasteiger charge is -2.34. The van der Waals surface area contributed by atoms with E-state index in [1.807, 2.05) is 0 Å². The molecule has 0 radical (unpaired) electrons. The van der Waals surface area contributed by atoms with Gasteiger partial charge in [-0.2, -0.15) is 0 Å². The van der Waals surface area contributed by atoms with Crippen molar-refractivity contribution in [2.45, 2.75) is 58.5 Å². The predicted molar refractivity (Wildman–Crippen MR) is 84.3 cm³/mol. The summed E-state index contributed by atoms with van der Waals surface area (Å²) in [6, 6.07) is -0.545. The minimum absolute atomic E-state index is 0.243. The maximum atomic E-state index is 12.1. The molecule has 0 aromatic rings. The molecule has 6 atom stereocenters. The second-order valence-corrected chi connectivity index (χ2v) is 6.56. The molecule has 1 aliphatic heterocycles. The number of rotatable bonds is 3. The number of hydrogen-bond acceptors (Lipinski definition) is 5. The van der Waals surface area contributed by atoms with Gasteiger partial charge in [-0.05, 0) is 34.6 Å². The molecule has 1 unspecified atom stereocenters. The fraction of sp³-hybridized carbons (Fsp3) is 0.647. The lowest BCUT2D eigenvalue weighted by atomic mass is 9.79. The Bertz CT molecular complexity index is 576. The van der Waals surface area contributed by atoms with Crippen molar-refractivity contribution >= 4 is 11.9 Å². The van der Waals surface area contributed by atoms with E-state index in [-0.39, 0.29) is 5.91 Å². The molecular formula is C17H25NO5. The van der Waals surface area contributed by atoms with Crippen molar-refractivity contribution < 1.29 is 24.5 Å². The zero-order chi connectivity index (χ0) is 17.5. The van der Waals surface area contributed by atoms with E-state index in [0.29, 0.717) is 11.1 Å². The van der Waals surface area contributed by atoms with Crippen LogP contribution in [0.1, 0.15) is 34.6 Å². The van der Waals surface area contributed by atoms with Crippen LogP contribution in [0.2, 0.25) is 0 Å². The smallest absolute Gasteiger partial charge is 0.333 e. The summed E-state index contributed by atoms with van der Waals surface area (Å²) in [4.78, 5) is 24.2. The number of aliphatic hydroxyl groups is 2. The maximum Gasteiger partial charge on any atom is 0.333 e. The van der Waals surface area contributed by atoms with Crippen LogP contribution in [-0.2, 0) is 14.3 Å². The first-order valence-corrected chi connectivity index (χ1v) is 7.88. The van der Waals surface area contributed by atoms with Gasteiger partial charge in [0.05, 0.1) is 12.1 Å². The highest BCUT2D eigenvalue weighted by molar-refractivity contribution is 5.97. The van der Waals surface area contributed by atoms with Gasteiger partial charge < -0.3 is 20.3 Å². The molecule has 1 amide bonds. The molecule has 1 saturated heterocycles. The third-order valence-electron chi connectivity index (χ3n) is 5.09. The largest absolute Gasteiger partial charge is 0.454 e. The molecule has 6 nitrogen and oxygen atoms in total. The molecule has 0 aromatic carbocycles. The summed E-state index contributed by atoms with van der Waals surface area (Å²) in [5, 5.41) is 23.9. The lowest BCUT2D eigenvalue weighted by Crippen LogP contribution is -2.51. The van der Waals surface area contributed by atoms with E-state index >= 15 is 0 Å². The van der Waals surface area contributed by atoms with E-state index in [9.17, 15) is 19.8 Å². The Kier molecular flexibility index (Phi) is 4.69. The van der Waals surface area contributed by atoms with Crippen molar-refractivity contribution in [1.29, 1.82) is 0 Å². The monoisotopic (exact) mass is 323 g/mol. The van der Waals surface area contributed by atoms with Crippen LogP contribution in [-0.4, -0.2) is 45.9 Å². The Labute approximate surface area is 136 Å². The van der Waals surface area contributed by atoms with Gasteiger partial charge in [-0.15, -0.1) is 0 Å². The van der Waals surface area contributed by atoms with E-state index < -0.39 is 41.7 Å². The molecule has 2 aliphatic rings. The van der Waals surface area contributed by atoms with Crippen molar-refractivity contribution in [2.75, 3.05) is 0 Å². The van der Waals surface area contributed by atoms with Gasteiger partial charge in [-0.1, -0.05) is 12.2 Å². The molecule has 6 heteroatoms. The minimum atomic E-state index is -1.45. The van der Waals surface area contributed by atoms with Crippen LogP contribution >= 0.6 is 0 Å². The summed E-state index contributed by atoms with van der Waals surface area (Å²) in [5.41, 5.74) is -0.509. The fourth-order valence-corrected chi connectivity index (χ4v) is 3.90. The van der Waals surface area contributed by atoms with Gasteiger partial charge in [0.25, 0.3) is 0 Å². The Hall–Kier alpha value is -1.66. The van der Waals surface area contributed by atoms with Crippen LogP contribution < -0.4 is 5.32 Å². The predicted octanol–water partition coefficient (Wildman–Crippen LogP) is 0.687.